The summed E-state index contributed by atoms with van der Waals surface area (Å²) in [6.45, 7) is 4.45. The first kappa shape index (κ1) is 17.8. The Bertz CT molecular complexity index is 853. The van der Waals surface area contributed by atoms with E-state index in [0.29, 0.717) is 30.9 Å². The molecule has 0 radical (unpaired) electrons. The highest BCUT2D eigenvalue weighted by Gasteiger charge is 2.37. The molecular weight excluding hydrogens is 334 g/mol. The number of benzene rings is 2. The zero-order valence-electron chi connectivity index (χ0n) is 16.1. The first-order chi connectivity index (χ1) is 13.2. The second-order valence-corrected chi connectivity index (χ2v) is 7.61. The standard InChI is InChI=1S/C24H27NO2/c1-3-27-23(26)14-10-17-8-11-18(12-9-17)24-20-6-4-5-19(20)21-15-16(2)7-13-22(21)25-24/h4-5,7-9,11-13,15,19-20,24-25H,3,6,10,14H2,1-2H3/t19-,20+,24+/m1/s1. The van der Waals surface area contributed by atoms with Gasteiger partial charge < -0.3 is 10.1 Å². The van der Waals surface area contributed by atoms with Crippen LogP contribution in [-0.4, -0.2) is 12.6 Å². The summed E-state index contributed by atoms with van der Waals surface area (Å²) in [6.07, 6.45) is 6.99. The van der Waals surface area contributed by atoms with E-state index >= 15 is 0 Å². The number of ether oxygens (including phenoxy) is 1. The number of carbonyl (C=O) groups is 1. The molecular formula is C24H27NO2. The molecule has 0 saturated heterocycles. The lowest BCUT2D eigenvalue weighted by Crippen LogP contribution is -2.29. The van der Waals surface area contributed by atoms with Gasteiger partial charge in [0.2, 0.25) is 0 Å². The van der Waals surface area contributed by atoms with E-state index in [2.05, 4.69) is 66.9 Å². The lowest BCUT2D eigenvalue weighted by Gasteiger charge is -2.37. The average Bonchev–Trinajstić information content (AvgIpc) is 3.17. The van der Waals surface area contributed by atoms with Crippen LogP contribution in [0.2, 0.25) is 0 Å². The van der Waals surface area contributed by atoms with E-state index in [1.54, 1.807) is 0 Å². The summed E-state index contributed by atoms with van der Waals surface area (Å²) in [5, 5.41) is 3.78. The number of nitrogens with one attached hydrogen (secondary N) is 1. The molecule has 0 saturated carbocycles. The number of hydrogen-bond donors (Lipinski definition) is 1. The maximum absolute atomic E-state index is 11.6. The molecule has 4 rings (SSSR count). The van der Waals surface area contributed by atoms with Crippen molar-refractivity contribution in [3.05, 3.63) is 76.9 Å². The minimum atomic E-state index is -0.123. The van der Waals surface area contributed by atoms with Crippen molar-refractivity contribution in [1.29, 1.82) is 0 Å². The van der Waals surface area contributed by atoms with Crippen molar-refractivity contribution in [2.75, 3.05) is 11.9 Å². The van der Waals surface area contributed by atoms with Crippen LogP contribution in [0.3, 0.4) is 0 Å². The maximum atomic E-state index is 11.6. The third kappa shape index (κ3) is 3.64. The number of fused-ring (bicyclic) bond motifs is 3. The van der Waals surface area contributed by atoms with Gasteiger partial charge in [-0.2, -0.15) is 0 Å². The topological polar surface area (TPSA) is 38.3 Å². The van der Waals surface area contributed by atoms with E-state index in [-0.39, 0.29) is 5.97 Å². The van der Waals surface area contributed by atoms with Crippen LogP contribution < -0.4 is 5.32 Å². The van der Waals surface area contributed by atoms with Crippen molar-refractivity contribution in [3.63, 3.8) is 0 Å². The minimum absolute atomic E-state index is 0.123. The summed E-state index contributed by atoms with van der Waals surface area (Å²) in [6, 6.07) is 15.8. The molecule has 1 aliphatic heterocycles. The first-order valence-electron chi connectivity index (χ1n) is 9.94. The Labute approximate surface area is 161 Å². The van der Waals surface area contributed by atoms with Gasteiger partial charge in [0.1, 0.15) is 0 Å². The second-order valence-electron chi connectivity index (χ2n) is 7.61. The predicted octanol–water partition coefficient (Wildman–Crippen LogP) is 5.32. The van der Waals surface area contributed by atoms with Gasteiger partial charge in [-0.3, -0.25) is 4.79 Å². The Morgan fingerprint density at radius 3 is 2.78 bits per heavy atom. The van der Waals surface area contributed by atoms with Crippen molar-refractivity contribution < 1.29 is 9.53 Å². The van der Waals surface area contributed by atoms with Crippen LogP contribution in [0.15, 0.2) is 54.6 Å². The van der Waals surface area contributed by atoms with Crippen LogP contribution in [-0.2, 0) is 16.0 Å². The van der Waals surface area contributed by atoms with Crippen LogP contribution in [0.4, 0.5) is 5.69 Å². The molecule has 3 heteroatoms. The normalized spacial score (nSPS) is 22.7. The summed E-state index contributed by atoms with van der Waals surface area (Å²) in [5.74, 6) is 0.932. The molecule has 0 aromatic heterocycles. The Morgan fingerprint density at radius 2 is 2.00 bits per heavy atom. The summed E-state index contributed by atoms with van der Waals surface area (Å²) in [5.41, 5.74) is 6.50. The Morgan fingerprint density at radius 1 is 1.19 bits per heavy atom. The van der Waals surface area contributed by atoms with Gasteiger partial charge in [-0.25, -0.2) is 0 Å². The maximum Gasteiger partial charge on any atom is 0.306 e. The monoisotopic (exact) mass is 361 g/mol. The van der Waals surface area contributed by atoms with Gasteiger partial charge in [-0.1, -0.05) is 54.1 Å². The number of carbonyl (C=O) groups excluding carboxylic acids is 1. The highest BCUT2D eigenvalue weighted by Crippen LogP contribution is 2.49. The molecule has 3 atom stereocenters. The summed E-state index contributed by atoms with van der Waals surface area (Å²) >= 11 is 0. The highest BCUT2D eigenvalue weighted by atomic mass is 16.5. The van der Waals surface area contributed by atoms with E-state index in [0.717, 1.165) is 12.8 Å². The molecule has 0 unspecified atom stereocenters. The summed E-state index contributed by atoms with van der Waals surface area (Å²) in [4.78, 5) is 11.6. The molecule has 3 nitrogen and oxygen atoms in total. The lowest BCUT2D eigenvalue weighted by molar-refractivity contribution is -0.143. The van der Waals surface area contributed by atoms with Crippen LogP contribution in [0.25, 0.3) is 0 Å². The Balaban J connectivity index is 1.52. The number of esters is 1. The van der Waals surface area contributed by atoms with Gasteiger partial charge in [0, 0.05) is 18.0 Å². The van der Waals surface area contributed by atoms with Crippen molar-refractivity contribution in [2.24, 2.45) is 5.92 Å². The van der Waals surface area contributed by atoms with E-state index in [4.69, 9.17) is 4.74 Å². The molecule has 140 valence electrons. The number of aryl methyl sites for hydroxylation is 2. The molecule has 1 heterocycles. The predicted molar refractivity (Wildman–Crippen MR) is 109 cm³/mol. The van der Waals surface area contributed by atoms with Crippen molar-refractivity contribution >= 4 is 11.7 Å². The minimum Gasteiger partial charge on any atom is -0.466 e. The molecule has 1 aliphatic carbocycles. The number of anilines is 1. The average molecular weight is 361 g/mol. The molecule has 0 spiro atoms. The fourth-order valence-corrected chi connectivity index (χ4v) is 4.42. The molecule has 0 bridgehead atoms. The molecule has 2 aromatic carbocycles. The van der Waals surface area contributed by atoms with Crippen LogP contribution in [0.5, 0.6) is 0 Å². The van der Waals surface area contributed by atoms with Crippen molar-refractivity contribution in [3.8, 4) is 0 Å². The van der Waals surface area contributed by atoms with E-state index < -0.39 is 0 Å². The fourth-order valence-electron chi connectivity index (χ4n) is 4.42. The molecule has 2 aromatic rings. The summed E-state index contributed by atoms with van der Waals surface area (Å²) < 4.78 is 5.02. The zero-order valence-corrected chi connectivity index (χ0v) is 16.1. The van der Waals surface area contributed by atoms with Gasteiger partial charge in [0.05, 0.1) is 12.6 Å². The second kappa shape index (κ2) is 7.59. The quantitative estimate of drug-likeness (QED) is 0.579. The van der Waals surface area contributed by atoms with Gasteiger partial charge in [-0.05, 0) is 55.4 Å². The molecule has 2 aliphatic rings. The number of hydrogen-bond acceptors (Lipinski definition) is 3. The Hall–Kier alpha value is -2.55. The zero-order chi connectivity index (χ0) is 18.8. The van der Waals surface area contributed by atoms with Gasteiger partial charge in [0.15, 0.2) is 0 Å². The first-order valence-corrected chi connectivity index (χ1v) is 9.94. The molecule has 0 amide bonds. The van der Waals surface area contributed by atoms with Crippen molar-refractivity contribution in [1.82, 2.24) is 0 Å². The number of allylic oxidation sites excluding steroid dienone is 2. The van der Waals surface area contributed by atoms with E-state index in [1.807, 2.05) is 6.92 Å². The third-order valence-electron chi connectivity index (χ3n) is 5.78. The SMILES string of the molecule is CCOC(=O)CCc1ccc([C@@H]2Nc3ccc(C)cc3[C@@H]3C=CC[C@@H]32)cc1. The van der Waals surface area contributed by atoms with E-state index in [9.17, 15) is 4.79 Å². The highest BCUT2D eigenvalue weighted by molar-refractivity contribution is 5.69. The van der Waals surface area contributed by atoms with Crippen LogP contribution >= 0.6 is 0 Å². The van der Waals surface area contributed by atoms with Gasteiger partial charge in [0.25, 0.3) is 0 Å². The smallest absolute Gasteiger partial charge is 0.306 e. The third-order valence-corrected chi connectivity index (χ3v) is 5.78. The van der Waals surface area contributed by atoms with Gasteiger partial charge >= 0.3 is 5.97 Å². The number of rotatable bonds is 5. The summed E-state index contributed by atoms with van der Waals surface area (Å²) in [7, 11) is 0. The van der Waals surface area contributed by atoms with Crippen LogP contribution in [0.1, 0.15) is 54.0 Å². The Kier molecular flexibility index (Phi) is 5.02. The largest absolute Gasteiger partial charge is 0.466 e. The van der Waals surface area contributed by atoms with E-state index in [1.165, 1.54) is 27.9 Å². The molecule has 0 fully saturated rings. The van der Waals surface area contributed by atoms with Crippen molar-refractivity contribution in [2.45, 2.75) is 45.1 Å². The molecule has 27 heavy (non-hydrogen) atoms. The fraction of sp³-hybridized carbons (Fsp3) is 0.375. The van der Waals surface area contributed by atoms with Gasteiger partial charge in [-0.15, -0.1) is 0 Å². The van der Waals surface area contributed by atoms with Crippen LogP contribution in [0, 0.1) is 12.8 Å². The lowest BCUT2D eigenvalue weighted by atomic mass is 9.76. The molecule has 1 N–H and O–H groups in total.